The average molecular weight is 291 g/mol. The van der Waals surface area contributed by atoms with Crippen LogP contribution >= 0.6 is 0 Å². The van der Waals surface area contributed by atoms with E-state index in [-0.39, 0.29) is 18.1 Å². The zero-order valence-corrected chi connectivity index (χ0v) is 13.0. The van der Waals surface area contributed by atoms with Crippen LogP contribution in [0.3, 0.4) is 0 Å². The molecule has 0 spiro atoms. The van der Waals surface area contributed by atoms with E-state index in [2.05, 4.69) is 26.8 Å². The van der Waals surface area contributed by atoms with Crippen molar-refractivity contribution >= 4 is 6.09 Å². The molecule has 1 fully saturated rings. The first-order valence-electron chi connectivity index (χ1n) is 7.52. The number of benzene rings is 1. The molecular weight excluding hydrogens is 266 g/mol. The topological polar surface area (TPSA) is 60.8 Å². The number of hydrogen-bond acceptors (Lipinski definition) is 2. The van der Waals surface area contributed by atoms with Gasteiger partial charge in [0, 0.05) is 12.6 Å². The zero-order chi connectivity index (χ0) is 15.6. The van der Waals surface area contributed by atoms with Crippen LogP contribution in [0.5, 0.6) is 0 Å². The summed E-state index contributed by atoms with van der Waals surface area (Å²) in [5.74, 6) is 0.313. The third-order valence-electron chi connectivity index (χ3n) is 4.51. The number of carbonyl (C=O) groups is 1. The van der Waals surface area contributed by atoms with Gasteiger partial charge in [0.25, 0.3) is 0 Å². The van der Waals surface area contributed by atoms with Crippen molar-refractivity contribution in [1.82, 2.24) is 4.90 Å². The Labute approximate surface area is 126 Å². The lowest BCUT2D eigenvalue weighted by molar-refractivity contribution is 0.0523. The van der Waals surface area contributed by atoms with E-state index < -0.39 is 6.09 Å². The number of piperidine rings is 1. The number of hydrogen-bond donors (Lipinski definition) is 2. The summed E-state index contributed by atoms with van der Waals surface area (Å²) in [5, 5.41) is 18.9. The van der Waals surface area contributed by atoms with Gasteiger partial charge in [0.05, 0.1) is 6.61 Å². The summed E-state index contributed by atoms with van der Waals surface area (Å²) >= 11 is 0. The molecule has 1 aromatic rings. The third-order valence-corrected chi connectivity index (χ3v) is 4.51. The Morgan fingerprint density at radius 2 is 2.00 bits per heavy atom. The Morgan fingerprint density at radius 1 is 1.33 bits per heavy atom. The van der Waals surface area contributed by atoms with Crippen molar-refractivity contribution in [2.75, 3.05) is 6.54 Å². The lowest BCUT2D eigenvalue weighted by Gasteiger charge is -2.45. The summed E-state index contributed by atoms with van der Waals surface area (Å²) < 4.78 is 0. The summed E-state index contributed by atoms with van der Waals surface area (Å²) in [6.07, 6.45) is 0.798. The number of carboxylic acid groups (broad SMARTS) is 1. The molecule has 0 aliphatic carbocycles. The molecule has 1 aromatic carbocycles. The van der Waals surface area contributed by atoms with Crippen LogP contribution in [0.25, 0.3) is 0 Å². The number of likely N-dealkylation sites (tertiary alicyclic amines) is 1. The molecule has 1 heterocycles. The first-order chi connectivity index (χ1) is 9.84. The van der Waals surface area contributed by atoms with E-state index in [4.69, 9.17) is 0 Å². The van der Waals surface area contributed by atoms with Crippen LogP contribution in [0.4, 0.5) is 4.79 Å². The Balaban J connectivity index is 2.27. The Bertz CT molecular complexity index is 507. The highest BCUT2D eigenvalue weighted by Crippen LogP contribution is 2.39. The molecular formula is C17H25NO3. The first-order valence-corrected chi connectivity index (χ1v) is 7.52. The standard InChI is InChI=1S/C17H25NO3/c1-17(2,3)15-10-12(8-9-18(15)16(20)21)14-7-5-4-6-13(14)11-19/h4-7,12,15,19H,8-11H2,1-3H3,(H,20,21). The van der Waals surface area contributed by atoms with Crippen molar-refractivity contribution in [3.8, 4) is 0 Å². The van der Waals surface area contributed by atoms with E-state index in [1.54, 1.807) is 4.90 Å². The summed E-state index contributed by atoms with van der Waals surface area (Å²) in [7, 11) is 0. The van der Waals surface area contributed by atoms with Gasteiger partial charge in [0.1, 0.15) is 0 Å². The van der Waals surface area contributed by atoms with Gasteiger partial charge in [0.2, 0.25) is 0 Å². The van der Waals surface area contributed by atoms with Crippen LogP contribution in [0.15, 0.2) is 24.3 Å². The van der Waals surface area contributed by atoms with Crippen molar-refractivity contribution in [3.05, 3.63) is 35.4 Å². The van der Waals surface area contributed by atoms with Crippen molar-refractivity contribution in [2.24, 2.45) is 5.41 Å². The summed E-state index contributed by atoms with van der Waals surface area (Å²) in [6.45, 7) is 6.87. The summed E-state index contributed by atoms with van der Waals surface area (Å²) in [5.41, 5.74) is 2.03. The molecule has 2 rings (SSSR count). The number of nitrogens with zero attached hydrogens (tertiary/aromatic N) is 1. The Kier molecular flexibility index (Phi) is 4.57. The highest BCUT2D eigenvalue weighted by atomic mass is 16.4. The molecule has 1 amide bonds. The van der Waals surface area contributed by atoms with E-state index in [0.29, 0.717) is 12.5 Å². The number of amides is 1. The monoisotopic (exact) mass is 291 g/mol. The Morgan fingerprint density at radius 3 is 2.57 bits per heavy atom. The first kappa shape index (κ1) is 15.8. The largest absolute Gasteiger partial charge is 0.465 e. The number of aliphatic hydroxyl groups excluding tert-OH is 1. The third kappa shape index (κ3) is 3.38. The fourth-order valence-corrected chi connectivity index (χ4v) is 3.37. The van der Waals surface area contributed by atoms with Crippen molar-refractivity contribution in [3.63, 3.8) is 0 Å². The lowest BCUT2D eigenvalue weighted by atomic mass is 9.74. The molecule has 116 valence electrons. The highest BCUT2D eigenvalue weighted by molar-refractivity contribution is 5.65. The van der Waals surface area contributed by atoms with Crippen LogP contribution in [-0.2, 0) is 6.61 Å². The molecule has 0 aromatic heterocycles. The molecule has 0 saturated carbocycles. The highest BCUT2D eigenvalue weighted by Gasteiger charge is 2.39. The van der Waals surface area contributed by atoms with E-state index in [1.807, 2.05) is 18.2 Å². The molecule has 2 N–H and O–H groups in total. The van der Waals surface area contributed by atoms with Gasteiger partial charge in [-0.25, -0.2) is 4.79 Å². The average Bonchev–Trinajstić information content (AvgIpc) is 2.45. The quantitative estimate of drug-likeness (QED) is 0.877. The molecule has 1 saturated heterocycles. The van der Waals surface area contributed by atoms with Gasteiger partial charge in [-0.2, -0.15) is 0 Å². The maximum absolute atomic E-state index is 11.5. The van der Waals surface area contributed by atoms with Crippen molar-refractivity contribution in [2.45, 2.75) is 52.2 Å². The molecule has 0 bridgehead atoms. The van der Waals surface area contributed by atoms with Crippen molar-refractivity contribution < 1.29 is 15.0 Å². The molecule has 2 unspecified atom stereocenters. The van der Waals surface area contributed by atoms with Gasteiger partial charge in [-0.1, -0.05) is 45.0 Å². The minimum atomic E-state index is -0.830. The number of rotatable bonds is 2. The summed E-state index contributed by atoms with van der Waals surface area (Å²) in [6, 6.07) is 7.94. The van der Waals surface area contributed by atoms with Gasteiger partial charge in [-0.3, -0.25) is 0 Å². The van der Waals surface area contributed by atoms with Crippen molar-refractivity contribution in [1.29, 1.82) is 0 Å². The number of aliphatic hydroxyl groups is 1. The molecule has 0 radical (unpaired) electrons. The van der Waals surface area contributed by atoms with Crippen LogP contribution in [-0.4, -0.2) is 33.8 Å². The SMILES string of the molecule is CC(C)(C)C1CC(c2ccccc2CO)CCN1C(=O)O. The van der Waals surface area contributed by atoms with Crippen LogP contribution < -0.4 is 0 Å². The van der Waals surface area contributed by atoms with E-state index in [0.717, 1.165) is 18.4 Å². The molecule has 2 atom stereocenters. The zero-order valence-electron chi connectivity index (χ0n) is 13.0. The normalized spacial score (nSPS) is 23.1. The second-order valence-corrected chi connectivity index (χ2v) is 6.94. The van der Waals surface area contributed by atoms with Crippen LogP contribution in [0, 0.1) is 5.41 Å². The predicted octanol–water partition coefficient (Wildman–Crippen LogP) is 3.45. The summed E-state index contributed by atoms with van der Waals surface area (Å²) in [4.78, 5) is 13.0. The minimum Gasteiger partial charge on any atom is -0.465 e. The van der Waals surface area contributed by atoms with Crippen LogP contribution in [0.2, 0.25) is 0 Å². The Hall–Kier alpha value is -1.55. The van der Waals surface area contributed by atoms with E-state index in [1.165, 1.54) is 5.56 Å². The second kappa shape index (κ2) is 6.06. The fraction of sp³-hybridized carbons (Fsp3) is 0.588. The molecule has 4 heteroatoms. The second-order valence-electron chi connectivity index (χ2n) is 6.94. The lowest BCUT2D eigenvalue weighted by Crippen LogP contribution is -2.51. The molecule has 4 nitrogen and oxygen atoms in total. The molecule has 1 aliphatic rings. The van der Waals surface area contributed by atoms with E-state index in [9.17, 15) is 15.0 Å². The minimum absolute atomic E-state index is 0.000462. The fourth-order valence-electron chi connectivity index (χ4n) is 3.37. The van der Waals surface area contributed by atoms with E-state index >= 15 is 0 Å². The van der Waals surface area contributed by atoms with Gasteiger partial charge in [0.15, 0.2) is 0 Å². The maximum atomic E-state index is 11.5. The smallest absolute Gasteiger partial charge is 0.407 e. The van der Waals surface area contributed by atoms with Gasteiger partial charge in [-0.15, -0.1) is 0 Å². The van der Waals surface area contributed by atoms with Crippen LogP contribution in [0.1, 0.15) is 50.7 Å². The maximum Gasteiger partial charge on any atom is 0.407 e. The molecule has 1 aliphatic heterocycles. The van der Waals surface area contributed by atoms with Gasteiger partial charge < -0.3 is 15.1 Å². The van der Waals surface area contributed by atoms with Gasteiger partial charge in [-0.05, 0) is 35.3 Å². The molecule has 21 heavy (non-hydrogen) atoms. The van der Waals surface area contributed by atoms with Gasteiger partial charge >= 0.3 is 6.09 Å². The predicted molar refractivity (Wildman–Crippen MR) is 82.3 cm³/mol.